The van der Waals surface area contributed by atoms with Crippen LogP contribution in [0.2, 0.25) is 0 Å². The smallest absolute Gasteiger partial charge is 0.251 e. The molecule has 0 fully saturated rings. The second-order valence-corrected chi connectivity index (χ2v) is 6.79. The Morgan fingerprint density at radius 1 is 1.25 bits per heavy atom. The van der Waals surface area contributed by atoms with Gasteiger partial charge in [0.2, 0.25) is 0 Å². The van der Waals surface area contributed by atoms with E-state index in [0.29, 0.717) is 17.9 Å². The maximum absolute atomic E-state index is 14.2. The summed E-state index contributed by atoms with van der Waals surface area (Å²) in [6.45, 7) is 2.51. The van der Waals surface area contributed by atoms with Gasteiger partial charge in [0, 0.05) is 16.8 Å². The first-order valence-corrected chi connectivity index (χ1v) is 9.52. The van der Waals surface area contributed by atoms with Crippen molar-refractivity contribution in [2.75, 3.05) is 6.61 Å². The molecular weight excluding hydrogens is 357 g/mol. The molecule has 5 nitrogen and oxygen atoms in total. The van der Waals surface area contributed by atoms with Gasteiger partial charge in [0.25, 0.3) is 5.91 Å². The number of nitrogens with zero attached hydrogens (tertiary/aromatic N) is 2. The van der Waals surface area contributed by atoms with Gasteiger partial charge in [-0.15, -0.1) is 0 Å². The van der Waals surface area contributed by atoms with Crippen LogP contribution in [-0.4, -0.2) is 22.3 Å². The molecule has 1 aliphatic carbocycles. The quantitative estimate of drug-likeness (QED) is 0.722. The summed E-state index contributed by atoms with van der Waals surface area (Å²) >= 11 is 0. The number of fused-ring (bicyclic) bond motifs is 1. The Kier molecular flexibility index (Phi) is 5.10. The molecule has 0 saturated carbocycles. The lowest BCUT2D eigenvalue weighted by molar-refractivity contribution is 0.0932. The number of ether oxygens (including phenoxy) is 1. The summed E-state index contributed by atoms with van der Waals surface area (Å²) < 4.78 is 21.3. The van der Waals surface area contributed by atoms with Crippen molar-refractivity contribution in [3.63, 3.8) is 0 Å². The van der Waals surface area contributed by atoms with Gasteiger partial charge in [-0.2, -0.15) is 5.10 Å². The molecule has 0 bridgehead atoms. The lowest BCUT2D eigenvalue weighted by Gasteiger charge is -2.24. The molecule has 1 aliphatic rings. The van der Waals surface area contributed by atoms with Crippen LogP contribution in [0.3, 0.4) is 0 Å². The van der Waals surface area contributed by atoms with Gasteiger partial charge in [0.05, 0.1) is 18.8 Å². The van der Waals surface area contributed by atoms with Crippen LogP contribution in [0.4, 0.5) is 4.39 Å². The summed E-state index contributed by atoms with van der Waals surface area (Å²) in [5.41, 5.74) is 2.92. The largest absolute Gasteiger partial charge is 0.494 e. The van der Waals surface area contributed by atoms with Crippen molar-refractivity contribution in [3.05, 3.63) is 77.4 Å². The minimum Gasteiger partial charge on any atom is -0.494 e. The number of hydrogen-bond donors (Lipinski definition) is 1. The normalized spacial score (nSPS) is 15.7. The number of carbonyl (C=O) groups excluding carboxylic acids is 1. The van der Waals surface area contributed by atoms with Gasteiger partial charge >= 0.3 is 0 Å². The average molecular weight is 379 g/mol. The van der Waals surface area contributed by atoms with E-state index in [-0.39, 0.29) is 17.8 Å². The van der Waals surface area contributed by atoms with Crippen molar-refractivity contribution >= 4 is 5.91 Å². The van der Waals surface area contributed by atoms with Crippen molar-refractivity contribution < 1.29 is 13.9 Å². The fourth-order valence-corrected chi connectivity index (χ4v) is 3.65. The average Bonchev–Trinajstić information content (AvgIpc) is 3.14. The lowest BCUT2D eigenvalue weighted by atomic mass is 9.92. The summed E-state index contributed by atoms with van der Waals surface area (Å²) in [5, 5.41) is 7.50. The maximum Gasteiger partial charge on any atom is 0.251 e. The molecule has 1 aromatic heterocycles. The predicted octanol–water partition coefficient (Wildman–Crippen LogP) is 4.22. The van der Waals surface area contributed by atoms with E-state index in [0.717, 1.165) is 36.3 Å². The van der Waals surface area contributed by atoms with Crippen molar-refractivity contribution in [1.82, 2.24) is 15.1 Å². The van der Waals surface area contributed by atoms with Crippen LogP contribution in [0.15, 0.2) is 54.7 Å². The van der Waals surface area contributed by atoms with Gasteiger partial charge in [-0.3, -0.25) is 4.79 Å². The van der Waals surface area contributed by atoms with Crippen molar-refractivity contribution in [3.8, 4) is 11.4 Å². The standard InChI is InChI=1S/C22H22FN3O2/c1-2-28-16-12-10-15(11-13-16)22(27)25-19-7-5-9-20-17(19)14-24-26(20)21-8-4-3-6-18(21)23/h3-4,6,8,10-14,19H,2,5,7,9H2,1H3,(H,25,27). The van der Waals surface area contributed by atoms with Crippen LogP contribution in [0.5, 0.6) is 5.75 Å². The molecule has 1 N–H and O–H groups in total. The molecule has 28 heavy (non-hydrogen) atoms. The molecule has 4 rings (SSSR count). The Labute approximate surface area is 163 Å². The SMILES string of the molecule is CCOc1ccc(C(=O)NC2CCCc3c2cnn3-c2ccccc2F)cc1. The molecule has 1 unspecified atom stereocenters. The molecule has 144 valence electrons. The van der Waals surface area contributed by atoms with Gasteiger partial charge in [-0.1, -0.05) is 12.1 Å². The lowest BCUT2D eigenvalue weighted by Crippen LogP contribution is -2.31. The first kappa shape index (κ1) is 18.2. The second-order valence-electron chi connectivity index (χ2n) is 6.79. The Balaban J connectivity index is 1.55. The first-order chi connectivity index (χ1) is 13.7. The number of rotatable bonds is 5. The van der Waals surface area contributed by atoms with Crippen molar-refractivity contribution in [1.29, 1.82) is 0 Å². The summed E-state index contributed by atoms with van der Waals surface area (Å²) in [5.74, 6) is 0.290. The highest BCUT2D eigenvalue weighted by Gasteiger charge is 2.27. The molecule has 0 aliphatic heterocycles. The van der Waals surface area contributed by atoms with E-state index in [1.807, 2.05) is 6.92 Å². The predicted molar refractivity (Wildman–Crippen MR) is 104 cm³/mol. The topological polar surface area (TPSA) is 56.1 Å². The Hall–Kier alpha value is -3.15. The van der Waals surface area contributed by atoms with Gasteiger partial charge in [-0.25, -0.2) is 9.07 Å². The number of carbonyl (C=O) groups is 1. The molecule has 6 heteroatoms. The fourth-order valence-electron chi connectivity index (χ4n) is 3.65. The van der Waals surface area contributed by atoms with Gasteiger partial charge < -0.3 is 10.1 Å². The van der Waals surface area contributed by atoms with Crippen LogP contribution in [0.1, 0.15) is 47.4 Å². The maximum atomic E-state index is 14.2. The van der Waals surface area contributed by atoms with E-state index in [2.05, 4.69) is 10.4 Å². The molecule has 3 aromatic rings. The molecule has 1 heterocycles. The van der Waals surface area contributed by atoms with Crippen LogP contribution in [0, 0.1) is 5.82 Å². The van der Waals surface area contributed by atoms with Gasteiger partial charge in [0.1, 0.15) is 17.3 Å². The van der Waals surface area contributed by atoms with Gasteiger partial charge in [0.15, 0.2) is 0 Å². The number of hydrogen-bond acceptors (Lipinski definition) is 3. The molecule has 0 spiro atoms. The molecular formula is C22H22FN3O2. The van der Waals surface area contributed by atoms with Crippen molar-refractivity contribution in [2.45, 2.75) is 32.2 Å². The monoisotopic (exact) mass is 379 g/mol. The highest BCUT2D eigenvalue weighted by atomic mass is 19.1. The number of nitrogens with one attached hydrogen (secondary N) is 1. The zero-order chi connectivity index (χ0) is 19.5. The van der Waals surface area contributed by atoms with Crippen LogP contribution < -0.4 is 10.1 Å². The first-order valence-electron chi connectivity index (χ1n) is 9.52. The molecule has 0 radical (unpaired) electrons. The second kappa shape index (κ2) is 7.84. The highest BCUT2D eigenvalue weighted by Crippen LogP contribution is 2.31. The third-order valence-electron chi connectivity index (χ3n) is 5.00. The van der Waals surface area contributed by atoms with E-state index in [1.165, 1.54) is 6.07 Å². The van der Waals surface area contributed by atoms with E-state index in [4.69, 9.17) is 4.74 Å². The van der Waals surface area contributed by atoms with E-state index in [9.17, 15) is 9.18 Å². The molecule has 1 atom stereocenters. The summed E-state index contributed by atoms with van der Waals surface area (Å²) in [6.07, 6.45) is 4.28. The Morgan fingerprint density at radius 2 is 2.04 bits per heavy atom. The van der Waals surface area contributed by atoms with E-state index >= 15 is 0 Å². The van der Waals surface area contributed by atoms with Gasteiger partial charge in [-0.05, 0) is 62.6 Å². The minimum atomic E-state index is -0.311. The zero-order valence-corrected chi connectivity index (χ0v) is 15.7. The number of aromatic nitrogens is 2. The summed E-state index contributed by atoms with van der Waals surface area (Å²) in [6, 6.07) is 13.6. The van der Waals surface area contributed by atoms with Crippen LogP contribution in [-0.2, 0) is 6.42 Å². The Morgan fingerprint density at radius 3 is 2.79 bits per heavy atom. The number of benzene rings is 2. The summed E-state index contributed by atoms with van der Waals surface area (Å²) in [7, 11) is 0. The third kappa shape index (κ3) is 3.50. The zero-order valence-electron chi connectivity index (χ0n) is 15.7. The molecule has 2 aromatic carbocycles. The fraction of sp³-hybridized carbons (Fsp3) is 0.273. The minimum absolute atomic E-state index is 0.136. The van der Waals surface area contributed by atoms with E-state index in [1.54, 1.807) is 53.3 Å². The van der Waals surface area contributed by atoms with E-state index < -0.39 is 0 Å². The van der Waals surface area contributed by atoms with Crippen LogP contribution in [0.25, 0.3) is 5.69 Å². The molecule has 1 amide bonds. The number of para-hydroxylation sites is 1. The van der Waals surface area contributed by atoms with Crippen molar-refractivity contribution in [2.24, 2.45) is 0 Å². The summed E-state index contributed by atoms with van der Waals surface area (Å²) in [4.78, 5) is 12.7. The number of halogens is 1. The Bertz CT molecular complexity index is 982. The van der Waals surface area contributed by atoms with Crippen LogP contribution >= 0.6 is 0 Å². The highest BCUT2D eigenvalue weighted by molar-refractivity contribution is 5.94. The third-order valence-corrected chi connectivity index (χ3v) is 5.00. The number of amides is 1. The molecule has 0 saturated heterocycles.